The Morgan fingerprint density at radius 1 is 1.09 bits per heavy atom. The molecule has 4 aliphatic carbocycles. The third-order valence-electron chi connectivity index (χ3n) is 8.72. The van der Waals surface area contributed by atoms with Gasteiger partial charge in [-0.1, -0.05) is 19.4 Å². The molecule has 4 fully saturated rings. The Hall–Kier alpha value is -0.810. The van der Waals surface area contributed by atoms with Crippen LogP contribution in [0.4, 0.5) is 0 Å². The lowest BCUT2D eigenvalue weighted by Crippen LogP contribution is -2.53. The van der Waals surface area contributed by atoms with Gasteiger partial charge in [-0.15, -0.1) is 0 Å². The second kappa shape index (κ2) is 5.35. The molecule has 0 aromatic rings. The number of hydrogen-bond acceptors (Lipinski definition) is 2. The molecule has 2 nitrogen and oxygen atoms in total. The van der Waals surface area contributed by atoms with E-state index in [4.69, 9.17) is 5.26 Å². The highest BCUT2D eigenvalue weighted by molar-refractivity contribution is 5.28. The molecular formula is C21H31NO. The largest absolute Gasteiger partial charge is 0.393 e. The Labute approximate surface area is 141 Å². The SMILES string of the molecule is C[C@]12CC[C@@H](O)CC1CC[C@@H]1[C@@H]2CC[C@]2(C)C(=CC#N)CC[C@@H]12. The quantitative estimate of drug-likeness (QED) is 0.650. The van der Waals surface area contributed by atoms with E-state index in [-0.39, 0.29) is 6.10 Å². The van der Waals surface area contributed by atoms with Crippen molar-refractivity contribution in [3.8, 4) is 6.07 Å². The van der Waals surface area contributed by atoms with Crippen LogP contribution in [0.3, 0.4) is 0 Å². The van der Waals surface area contributed by atoms with Gasteiger partial charge in [0.05, 0.1) is 12.2 Å². The first-order valence-electron chi connectivity index (χ1n) is 9.76. The number of nitrogens with zero attached hydrogens (tertiary/aromatic N) is 1. The van der Waals surface area contributed by atoms with Crippen molar-refractivity contribution >= 4 is 0 Å². The molecule has 0 spiro atoms. The highest BCUT2D eigenvalue weighted by atomic mass is 16.3. The molecule has 4 saturated carbocycles. The predicted molar refractivity (Wildman–Crippen MR) is 91.4 cm³/mol. The van der Waals surface area contributed by atoms with Crippen LogP contribution >= 0.6 is 0 Å². The molecule has 2 heteroatoms. The van der Waals surface area contributed by atoms with Gasteiger partial charge in [0, 0.05) is 6.08 Å². The van der Waals surface area contributed by atoms with Crippen LogP contribution in [-0.2, 0) is 0 Å². The third kappa shape index (κ3) is 2.15. The zero-order valence-electron chi connectivity index (χ0n) is 14.7. The van der Waals surface area contributed by atoms with Crippen molar-refractivity contribution in [2.45, 2.75) is 77.7 Å². The van der Waals surface area contributed by atoms with E-state index in [1.165, 1.54) is 44.1 Å². The van der Waals surface area contributed by atoms with Crippen LogP contribution in [0, 0.1) is 45.8 Å². The maximum absolute atomic E-state index is 10.1. The fourth-order valence-corrected chi connectivity index (χ4v) is 7.40. The normalized spacial score (nSPS) is 54.0. The predicted octanol–water partition coefficient (Wildman–Crippen LogP) is 4.84. The molecule has 0 aromatic heterocycles. The first kappa shape index (κ1) is 15.7. The molecule has 4 rings (SSSR count). The van der Waals surface area contributed by atoms with E-state index in [1.54, 1.807) is 0 Å². The molecule has 0 heterocycles. The van der Waals surface area contributed by atoms with E-state index in [9.17, 15) is 5.11 Å². The Morgan fingerprint density at radius 3 is 2.70 bits per heavy atom. The summed E-state index contributed by atoms with van der Waals surface area (Å²) in [5, 5.41) is 19.2. The van der Waals surface area contributed by atoms with Crippen molar-refractivity contribution in [1.29, 1.82) is 5.26 Å². The minimum Gasteiger partial charge on any atom is -0.393 e. The molecule has 0 amide bonds. The van der Waals surface area contributed by atoms with Crippen molar-refractivity contribution in [2.75, 3.05) is 0 Å². The van der Waals surface area contributed by atoms with Crippen molar-refractivity contribution < 1.29 is 5.11 Å². The van der Waals surface area contributed by atoms with Gasteiger partial charge < -0.3 is 5.11 Å². The summed E-state index contributed by atoms with van der Waals surface area (Å²) in [6.07, 6.45) is 12.8. The Bertz CT molecular complexity index is 561. The van der Waals surface area contributed by atoms with E-state index in [0.717, 1.165) is 42.9 Å². The van der Waals surface area contributed by atoms with E-state index < -0.39 is 0 Å². The summed E-state index contributed by atoms with van der Waals surface area (Å²) in [5.74, 6) is 3.25. The van der Waals surface area contributed by atoms with Crippen LogP contribution in [0.25, 0.3) is 0 Å². The van der Waals surface area contributed by atoms with Crippen LogP contribution in [0.15, 0.2) is 11.6 Å². The fraction of sp³-hybridized carbons (Fsp3) is 0.857. The lowest BCUT2D eigenvalue weighted by Gasteiger charge is -2.60. The van der Waals surface area contributed by atoms with E-state index >= 15 is 0 Å². The summed E-state index contributed by atoms with van der Waals surface area (Å²) < 4.78 is 0. The van der Waals surface area contributed by atoms with Gasteiger partial charge in [0.2, 0.25) is 0 Å². The second-order valence-electron chi connectivity index (χ2n) is 9.38. The molecule has 7 atom stereocenters. The molecule has 23 heavy (non-hydrogen) atoms. The number of hydrogen-bond donors (Lipinski definition) is 1. The average molecular weight is 313 g/mol. The summed E-state index contributed by atoms with van der Waals surface area (Å²) in [5.41, 5.74) is 2.20. The number of fused-ring (bicyclic) bond motifs is 5. The number of aliphatic hydroxyl groups excluding tert-OH is 1. The van der Waals surface area contributed by atoms with Gasteiger partial charge in [0.1, 0.15) is 0 Å². The van der Waals surface area contributed by atoms with Crippen molar-refractivity contribution in [2.24, 2.45) is 34.5 Å². The summed E-state index contributed by atoms with van der Waals surface area (Å²) in [6.45, 7) is 4.99. The monoisotopic (exact) mass is 313 g/mol. The fourth-order valence-electron chi connectivity index (χ4n) is 7.40. The van der Waals surface area contributed by atoms with Crippen molar-refractivity contribution in [1.82, 2.24) is 0 Å². The Kier molecular flexibility index (Phi) is 3.65. The molecule has 0 aliphatic heterocycles. The second-order valence-corrected chi connectivity index (χ2v) is 9.38. The molecule has 126 valence electrons. The molecule has 0 radical (unpaired) electrons. The lowest BCUT2D eigenvalue weighted by molar-refractivity contribution is -0.116. The van der Waals surface area contributed by atoms with Crippen LogP contribution in [0.1, 0.15) is 71.6 Å². The van der Waals surface area contributed by atoms with Gasteiger partial charge in [-0.25, -0.2) is 0 Å². The Balaban J connectivity index is 1.63. The maximum Gasteiger partial charge on any atom is 0.0911 e. The first-order valence-corrected chi connectivity index (χ1v) is 9.76. The summed E-state index contributed by atoms with van der Waals surface area (Å²) >= 11 is 0. The highest BCUT2D eigenvalue weighted by Gasteiger charge is 2.58. The molecule has 1 N–H and O–H groups in total. The zero-order valence-corrected chi connectivity index (χ0v) is 14.7. The van der Waals surface area contributed by atoms with Gasteiger partial charge in [-0.2, -0.15) is 5.26 Å². The van der Waals surface area contributed by atoms with Gasteiger partial charge in [-0.3, -0.25) is 0 Å². The van der Waals surface area contributed by atoms with Crippen molar-refractivity contribution in [3.63, 3.8) is 0 Å². The van der Waals surface area contributed by atoms with Gasteiger partial charge >= 0.3 is 0 Å². The summed E-state index contributed by atoms with van der Waals surface area (Å²) in [7, 11) is 0. The molecule has 0 bridgehead atoms. The minimum absolute atomic E-state index is 0.0462. The average Bonchev–Trinajstić information content (AvgIpc) is 2.85. The van der Waals surface area contributed by atoms with E-state index in [1.807, 2.05) is 6.08 Å². The molecule has 0 aromatic carbocycles. The maximum atomic E-state index is 10.1. The zero-order chi connectivity index (χ0) is 16.2. The van der Waals surface area contributed by atoms with Crippen molar-refractivity contribution in [3.05, 3.63) is 11.6 Å². The molecular weight excluding hydrogens is 282 g/mol. The van der Waals surface area contributed by atoms with Gasteiger partial charge in [0.15, 0.2) is 0 Å². The van der Waals surface area contributed by atoms with Crippen LogP contribution in [0.5, 0.6) is 0 Å². The van der Waals surface area contributed by atoms with E-state index in [2.05, 4.69) is 19.9 Å². The summed E-state index contributed by atoms with van der Waals surface area (Å²) in [4.78, 5) is 0. The van der Waals surface area contributed by atoms with Gasteiger partial charge in [0.25, 0.3) is 0 Å². The van der Waals surface area contributed by atoms with Crippen LogP contribution < -0.4 is 0 Å². The number of aliphatic hydroxyl groups is 1. The van der Waals surface area contributed by atoms with Crippen LogP contribution in [0.2, 0.25) is 0 Å². The molecule has 0 saturated heterocycles. The summed E-state index contributed by atoms with van der Waals surface area (Å²) in [6, 6.07) is 2.31. The topological polar surface area (TPSA) is 44.0 Å². The number of allylic oxidation sites excluding steroid dienone is 2. The van der Waals surface area contributed by atoms with Crippen LogP contribution in [-0.4, -0.2) is 11.2 Å². The first-order chi connectivity index (χ1) is 11.0. The smallest absolute Gasteiger partial charge is 0.0911 e. The number of nitriles is 1. The van der Waals surface area contributed by atoms with E-state index in [0.29, 0.717) is 10.8 Å². The lowest BCUT2D eigenvalue weighted by atomic mass is 9.45. The molecule has 4 aliphatic rings. The highest BCUT2D eigenvalue weighted by Crippen LogP contribution is 2.67. The number of rotatable bonds is 0. The minimum atomic E-state index is -0.0462. The molecule has 1 unspecified atom stereocenters. The van der Waals surface area contributed by atoms with Gasteiger partial charge in [-0.05, 0) is 92.3 Å². The third-order valence-corrected chi connectivity index (χ3v) is 8.72. The standard InChI is InChI=1S/C21H31NO/c1-20-11-8-19-17(18(20)6-4-14(20)9-12-22)5-3-15-13-16(23)7-10-21(15,19)2/h9,15-19,23H,3-8,10-11,13H2,1-2H3/t15?,16-,17+,18+,19+,20-,21+/m1/s1. The Morgan fingerprint density at radius 2 is 1.91 bits per heavy atom.